The largest absolute Gasteiger partial charge is 0.465 e. The fourth-order valence-corrected chi connectivity index (χ4v) is 3.16. The predicted octanol–water partition coefficient (Wildman–Crippen LogP) is 0.174. The van der Waals surface area contributed by atoms with E-state index in [1.54, 1.807) is 0 Å². The molecule has 0 aliphatic carbocycles. The fourth-order valence-electron chi connectivity index (χ4n) is 1.94. The van der Waals surface area contributed by atoms with Crippen molar-refractivity contribution in [2.45, 2.75) is 0 Å². The first-order chi connectivity index (χ1) is 9.94. The van der Waals surface area contributed by atoms with Crippen molar-refractivity contribution in [3.8, 4) is 0 Å². The molecule has 0 bridgehead atoms. The van der Waals surface area contributed by atoms with Crippen molar-refractivity contribution in [3.63, 3.8) is 0 Å². The molecule has 0 aromatic heterocycles. The molecular formula is C12H16FN3O4S. The number of carbonyl (C=O) groups is 1. The molecule has 0 spiro atoms. The van der Waals surface area contributed by atoms with E-state index < -0.39 is 22.0 Å². The quantitative estimate of drug-likeness (QED) is 0.773. The molecule has 1 heterocycles. The molecule has 0 amide bonds. The summed E-state index contributed by atoms with van der Waals surface area (Å²) in [5, 5.41) is 3.02. The van der Waals surface area contributed by atoms with Crippen LogP contribution in [-0.4, -0.2) is 52.0 Å². The van der Waals surface area contributed by atoms with E-state index in [0.717, 1.165) is 12.1 Å². The number of piperazine rings is 1. The van der Waals surface area contributed by atoms with Crippen LogP contribution in [0, 0.1) is 5.82 Å². The minimum Gasteiger partial charge on any atom is -0.465 e. The lowest BCUT2D eigenvalue weighted by molar-refractivity contribution is 0.0600. The van der Waals surface area contributed by atoms with Crippen LogP contribution < -0.4 is 10.0 Å². The number of methoxy groups -OCH3 is 1. The Hall–Kier alpha value is -1.71. The van der Waals surface area contributed by atoms with E-state index in [2.05, 4.69) is 14.8 Å². The number of ether oxygens (including phenoxy) is 1. The monoisotopic (exact) mass is 317 g/mol. The molecule has 1 fully saturated rings. The van der Waals surface area contributed by atoms with E-state index in [-0.39, 0.29) is 11.3 Å². The Balaban J connectivity index is 2.23. The Morgan fingerprint density at radius 2 is 2.05 bits per heavy atom. The highest BCUT2D eigenvalue weighted by atomic mass is 32.2. The normalized spacial score (nSPS) is 16.5. The smallest absolute Gasteiger partial charge is 0.337 e. The Labute approximate surface area is 122 Å². The van der Waals surface area contributed by atoms with Gasteiger partial charge >= 0.3 is 16.2 Å². The van der Waals surface area contributed by atoms with E-state index in [9.17, 15) is 17.6 Å². The average Bonchev–Trinajstić information content (AvgIpc) is 2.49. The predicted molar refractivity (Wildman–Crippen MR) is 74.7 cm³/mol. The molecule has 0 radical (unpaired) electrons. The molecule has 0 unspecified atom stereocenters. The van der Waals surface area contributed by atoms with E-state index in [0.29, 0.717) is 26.2 Å². The van der Waals surface area contributed by atoms with Crippen LogP contribution in [0.4, 0.5) is 10.1 Å². The van der Waals surface area contributed by atoms with Crippen molar-refractivity contribution < 1.29 is 22.3 Å². The molecule has 116 valence electrons. The van der Waals surface area contributed by atoms with Gasteiger partial charge in [-0.2, -0.15) is 12.7 Å². The molecular weight excluding hydrogens is 301 g/mol. The third-order valence-corrected chi connectivity index (χ3v) is 4.57. The van der Waals surface area contributed by atoms with Gasteiger partial charge in [0.25, 0.3) is 0 Å². The Morgan fingerprint density at radius 3 is 2.67 bits per heavy atom. The number of rotatable bonds is 4. The van der Waals surface area contributed by atoms with Crippen molar-refractivity contribution in [1.82, 2.24) is 9.62 Å². The Morgan fingerprint density at radius 1 is 1.38 bits per heavy atom. The topological polar surface area (TPSA) is 87.7 Å². The van der Waals surface area contributed by atoms with Gasteiger partial charge in [-0.1, -0.05) is 0 Å². The van der Waals surface area contributed by atoms with Crippen LogP contribution in [0.1, 0.15) is 10.4 Å². The highest BCUT2D eigenvalue weighted by Gasteiger charge is 2.25. The highest BCUT2D eigenvalue weighted by Crippen LogP contribution is 2.19. The number of hydrogen-bond donors (Lipinski definition) is 2. The number of hydrogen-bond acceptors (Lipinski definition) is 5. The number of nitrogens with one attached hydrogen (secondary N) is 2. The molecule has 1 aromatic rings. The summed E-state index contributed by atoms with van der Waals surface area (Å²) in [6.45, 7) is 1.67. The van der Waals surface area contributed by atoms with Crippen LogP contribution in [0.25, 0.3) is 0 Å². The summed E-state index contributed by atoms with van der Waals surface area (Å²) in [6, 6.07) is 3.35. The molecule has 9 heteroatoms. The first-order valence-electron chi connectivity index (χ1n) is 6.30. The summed E-state index contributed by atoms with van der Waals surface area (Å²) >= 11 is 0. The number of carbonyl (C=O) groups excluding carboxylic acids is 1. The third kappa shape index (κ3) is 3.69. The lowest BCUT2D eigenvalue weighted by Gasteiger charge is -2.27. The van der Waals surface area contributed by atoms with Gasteiger partial charge in [0.15, 0.2) is 0 Å². The summed E-state index contributed by atoms with van der Waals surface area (Å²) in [5.41, 5.74) is -0.214. The maximum Gasteiger partial charge on any atom is 0.337 e. The van der Waals surface area contributed by atoms with Crippen LogP contribution >= 0.6 is 0 Å². The van der Waals surface area contributed by atoms with E-state index >= 15 is 0 Å². The van der Waals surface area contributed by atoms with Crippen molar-refractivity contribution in [3.05, 3.63) is 29.6 Å². The molecule has 0 atom stereocenters. The molecule has 0 saturated carbocycles. The van der Waals surface area contributed by atoms with Gasteiger partial charge in [-0.25, -0.2) is 9.18 Å². The van der Waals surface area contributed by atoms with Crippen LogP contribution in [0.3, 0.4) is 0 Å². The molecule has 1 aromatic carbocycles. The van der Waals surface area contributed by atoms with Crippen LogP contribution in [0.15, 0.2) is 18.2 Å². The first kappa shape index (κ1) is 15.7. The highest BCUT2D eigenvalue weighted by molar-refractivity contribution is 7.90. The van der Waals surface area contributed by atoms with Crippen molar-refractivity contribution in [2.75, 3.05) is 38.0 Å². The Kier molecular flexibility index (Phi) is 4.76. The van der Waals surface area contributed by atoms with Crippen LogP contribution in [0.2, 0.25) is 0 Å². The SMILES string of the molecule is COC(=O)c1ccc(F)c(NS(=O)(=O)N2CCNCC2)c1. The molecule has 2 N–H and O–H groups in total. The Bertz CT molecular complexity index is 629. The summed E-state index contributed by atoms with van der Waals surface area (Å²) in [5.74, 6) is -1.43. The van der Waals surface area contributed by atoms with E-state index in [1.807, 2.05) is 0 Å². The lowest BCUT2D eigenvalue weighted by atomic mass is 10.2. The molecule has 1 saturated heterocycles. The van der Waals surface area contributed by atoms with E-state index in [4.69, 9.17) is 0 Å². The third-order valence-electron chi connectivity index (χ3n) is 3.04. The number of nitrogens with zero attached hydrogens (tertiary/aromatic N) is 1. The van der Waals surface area contributed by atoms with Crippen LogP contribution in [-0.2, 0) is 14.9 Å². The van der Waals surface area contributed by atoms with Gasteiger partial charge in [0, 0.05) is 26.2 Å². The minimum atomic E-state index is -3.86. The van der Waals surface area contributed by atoms with Gasteiger partial charge in [-0.3, -0.25) is 4.72 Å². The fraction of sp³-hybridized carbons (Fsp3) is 0.417. The zero-order valence-corrected chi connectivity index (χ0v) is 12.2. The number of benzene rings is 1. The minimum absolute atomic E-state index is 0.0666. The van der Waals surface area contributed by atoms with Gasteiger partial charge < -0.3 is 10.1 Å². The van der Waals surface area contributed by atoms with E-state index in [1.165, 1.54) is 17.5 Å². The first-order valence-corrected chi connectivity index (χ1v) is 7.74. The van der Waals surface area contributed by atoms with Gasteiger partial charge in [0.1, 0.15) is 5.82 Å². The second-order valence-electron chi connectivity index (χ2n) is 4.44. The lowest BCUT2D eigenvalue weighted by Crippen LogP contribution is -2.48. The molecule has 1 aliphatic rings. The van der Waals surface area contributed by atoms with Gasteiger partial charge in [0.05, 0.1) is 18.4 Å². The summed E-state index contributed by atoms with van der Waals surface area (Å²) < 4.78 is 45.9. The second kappa shape index (κ2) is 6.37. The zero-order chi connectivity index (χ0) is 15.5. The standard InChI is InChI=1S/C12H16FN3O4S/c1-20-12(17)9-2-3-10(13)11(8-9)15-21(18,19)16-6-4-14-5-7-16/h2-3,8,14-15H,4-7H2,1H3. The maximum absolute atomic E-state index is 13.7. The molecule has 1 aliphatic heterocycles. The average molecular weight is 317 g/mol. The van der Waals surface area contributed by atoms with Crippen LogP contribution in [0.5, 0.6) is 0 Å². The summed E-state index contributed by atoms with van der Waals surface area (Å²) in [7, 11) is -2.67. The van der Waals surface area contributed by atoms with Gasteiger partial charge in [-0.05, 0) is 18.2 Å². The molecule has 2 rings (SSSR count). The van der Waals surface area contributed by atoms with Crippen molar-refractivity contribution in [2.24, 2.45) is 0 Å². The molecule has 21 heavy (non-hydrogen) atoms. The zero-order valence-electron chi connectivity index (χ0n) is 11.4. The van der Waals surface area contributed by atoms with Gasteiger partial charge in [-0.15, -0.1) is 0 Å². The maximum atomic E-state index is 13.7. The van der Waals surface area contributed by atoms with Crippen molar-refractivity contribution >= 4 is 21.9 Å². The second-order valence-corrected chi connectivity index (χ2v) is 6.11. The molecule has 7 nitrogen and oxygen atoms in total. The summed E-state index contributed by atoms with van der Waals surface area (Å²) in [6.07, 6.45) is 0. The number of anilines is 1. The van der Waals surface area contributed by atoms with Crippen molar-refractivity contribution in [1.29, 1.82) is 0 Å². The summed E-state index contributed by atoms with van der Waals surface area (Å²) in [4.78, 5) is 11.4. The number of halogens is 1. The van der Waals surface area contributed by atoms with Gasteiger partial charge in [0.2, 0.25) is 0 Å². The number of esters is 1.